The van der Waals surface area contributed by atoms with Gasteiger partial charge in [-0.2, -0.15) is 0 Å². The van der Waals surface area contributed by atoms with E-state index in [-0.39, 0.29) is 24.0 Å². The highest BCUT2D eigenvalue weighted by molar-refractivity contribution is 5.93. The lowest BCUT2D eigenvalue weighted by atomic mass is 10.0. The van der Waals surface area contributed by atoms with Crippen molar-refractivity contribution in [1.29, 1.82) is 0 Å². The van der Waals surface area contributed by atoms with Gasteiger partial charge in [-0.25, -0.2) is 0 Å². The first-order valence-corrected chi connectivity index (χ1v) is 13.6. The third-order valence-electron chi connectivity index (χ3n) is 7.62. The highest BCUT2D eigenvalue weighted by atomic mass is 16.5. The van der Waals surface area contributed by atoms with Gasteiger partial charge in [0.2, 0.25) is 11.8 Å². The molecular formula is C31H39N3O4. The van der Waals surface area contributed by atoms with E-state index < -0.39 is 6.04 Å². The van der Waals surface area contributed by atoms with Gasteiger partial charge in [0.1, 0.15) is 17.6 Å². The number of rotatable bonds is 13. The van der Waals surface area contributed by atoms with Crippen molar-refractivity contribution in [2.24, 2.45) is 0 Å². The van der Waals surface area contributed by atoms with E-state index in [1.807, 2.05) is 31.2 Å². The van der Waals surface area contributed by atoms with E-state index in [4.69, 9.17) is 4.74 Å². The van der Waals surface area contributed by atoms with Crippen LogP contribution in [0.15, 0.2) is 42.5 Å². The number of methoxy groups -OCH3 is 1. The number of hydrogen-bond acceptors (Lipinski definition) is 4. The first-order valence-electron chi connectivity index (χ1n) is 13.6. The Morgan fingerprint density at radius 2 is 1.92 bits per heavy atom. The summed E-state index contributed by atoms with van der Waals surface area (Å²) in [4.78, 5) is 41.1. The van der Waals surface area contributed by atoms with Gasteiger partial charge < -0.3 is 25.1 Å². The summed E-state index contributed by atoms with van der Waals surface area (Å²) >= 11 is 0. The maximum Gasteiger partial charge on any atom is 0.242 e. The minimum atomic E-state index is -0.614. The highest BCUT2D eigenvalue weighted by Crippen LogP contribution is 2.32. The molecule has 2 atom stereocenters. The van der Waals surface area contributed by atoms with Crippen LogP contribution < -0.4 is 15.4 Å². The number of hydrogen-bond donors (Lipinski definition) is 3. The molecule has 0 fully saturated rings. The molecule has 1 aromatic heterocycles. The zero-order valence-electron chi connectivity index (χ0n) is 22.7. The van der Waals surface area contributed by atoms with Crippen LogP contribution in [0.1, 0.15) is 73.8 Å². The fraction of sp³-hybridized carbons (Fsp3) is 0.452. The number of nitrogens with one attached hydrogen (secondary N) is 3. The fourth-order valence-electron chi connectivity index (χ4n) is 5.49. The Hall–Kier alpha value is -3.61. The van der Waals surface area contributed by atoms with Gasteiger partial charge in [-0.3, -0.25) is 9.59 Å². The van der Waals surface area contributed by atoms with E-state index >= 15 is 0 Å². The molecule has 1 aliphatic rings. The van der Waals surface area contributed by atoms with Crippen molar-refractivity contribution in [1.82, 2.24) is 15.6 Å². The molecule has 1 unspecified atom stereocenters. The molecule has 1 aliphatic carbocycles. The average molecular weight is 518 g/mol. The molecule has 7 heteroatoms. The van der Waals surface area contributed by atoms with E-state index in [1.165, 1.54) is 11.1 Å². The van der Waals surface area contributed by atoms with Crippen LogP contribution in [0.2, 0.25) is 0 Å². The lowest BCUT2D eigenvalue weighted by Gasteiger charge is -2.20. The average Bonchev–Trinajstić information content (AvgIpc) is 3.46. The summed E-state index contributed by atoms with van der Waals surface area (Å²) in [6.07, 6.45) is 5.71. The zero-order chi connectivity index (χ0) is 27.1. The largest absolute Gasteiger partial charge is 0.497 e. The molecule has 0 bridgehead atoms. The van der Waals surface area contributed by atoms with Crippen molar-refractivity contribution in [3.05, 3.63) is 64.8 Å². The molecule has 0 radical (unpaired) electrons. The minimum absolute atomic E-state index is 0.147. The summed E-state index contributed by atoms with van der Waals surface area (Å²) < 4.78 is 5.37. The van der Waals surface area contributed by atoms with E-state index in [0.717, 1.165) is 60.0 Å². The summed E-state index contributed by atoms with van der Waals surface area (Å²) in [6.45, 7) is 4.11. The lowest BCUT2D eigenvalue weighted by Crippen LogP contribution is -2.48. The van der Waals surface area contributed by atoms with Crippen LogP contribution in [0, 0.1) is 6.92 Å². The number of H-pyrrole nitrogens is 1. The topological polar surface area (TPSA) is 100 Å². The van der Waals surface area contributed by atoms with Gasteiger partial charge in [0.15, 0.2) is 0 Å². The first-order chi connectivity index (χ1) is 18.4. The molecule has 202 valence electrons. The molecule has 38 heavy (non-hydrogen) atoms. The number of Topliss-reactive ketones (excluding diaryl/α,β-unsaturated/α-hetero) is 1. The molecule has 4 rings (SSSR count). The number of ketones is 1. The van der Waals surface area contributed by atoms with Gasteiger partial charge in [0.25, 0.3) is 0 Å². The maximum atomic E-state index is 13.3. The second-order valence-corrected chi connectivity index (χ2v) is 10.4. The van der Waals surface area contributed by atoms with Gasteiger partial charge in [0, 0.05) is 35.5 Å². The Bertz CT molecular complexity index is 1300. The van der Waals surface area contributed by atoms with E-state index in [1.54, 1.807) is 14.0 Å². The Morgan fingerprint density at radius 3 is 2.71 bits per heavy atom. The summed E-state index contributed by atoms with van der Waals surface area (Å²) in [7, 11) is 1.62. The maximum absolute atomic E-state index is 13.3. The lowest BCUT2D eigenvalue weighted by molar-refractivity contribution is -0.129. The predicted molar refractivity (Wildman–Crippen MR) is 150 cm³/mol. The third kappa shape index (κ3) is 6.82. The van der Waals surface area contributed by atoms with Gasteiger partial charge in [-0.15, -0.1) is 0 Å². The van der Waals surface area contributed by atoms with E-state index in [0.29, 0.717) is 25.3 Å². The molecule has 0 saturated heterocycles. The van der Waals surface area contributed by atoms with E-state index in [2.05, 4.69) is 33.8 Å². The molecule has 0 saturated carbocycles. The standard InChI is InChI=1S/C31H39N3O4/c1-20(35)9-5-4-6-12-29(31(37)32-19-23-14-13-22-10-7-8-11-25(22)23)34-30(36)18-26-21(2)33-28-16-15-24(38-3)17-27(26)28/h7-8,10-11,15-17,23,29,33H,4-6,9,12-14,18-19H2,1-3H3,(H,32,37)(H,34,36)/t23-,29?/m1/s1. The number of unbranched alkanes of at least 4 members (excludes halogenated alkanes) is 2. The quantitative estimate of drug-likeness (QED) is 0.281. The Kier molecular flexibility index (Phi) is 9.21. The first kappa shape index (κ1) is 27.4. The van der Waals surface area contributed by atoms with Crippen LogP contribution in [0.5, 0.6) is 5.75 Å². The highest BCUT2D eigenvalue weighted by Gasteiger charge is 2.26. The predicted octanol–water partition coefficient (Wildman–Crippen LogP) is 4.90. The number of aryl methyl sites for hydroxylation is 2. The second-order valence-electron chi connectivity index (χ2n) is 10.4. The van der Waals surface area contributed by atoms with Gasteiger partial charge >= 0.3 is 0 Å². The Morgan fingerprint density at radius 1 is 1.11 bits per heavy atom. The number of ether oxygens (including phenoxy) is 1. The third-order valence-corrected chi connectivity index (χ3v) is 7.62. The van der Waals surface area contributed by atoms with Crippen molar-refractivity contribution < 1.29 is 19.1 Å². The van der Waals surface area contributed by atoms with Crippen LogP contribution in [0.3, 0.4) is 0 Å². The summed E-state index contributed by atoms with van der Waals surface area (Å²) in [5.41, 5.74) is 5.44. The number of fused-ring (bicyclic) bond motifs is 2. The van der Waals surface area contributed by atoms with Crippen molar-refractivity contribution >= 4 is 28.5 Å². The number of carbonyl (C=O) groups excluding carboxylic acids is 3. The van der Waals surface area contributed by atoms with Crippen molar-refractivity contribution in [3.63, 3.8) is 0 Å². The number of aromatic nitrogens is 1. The van der Waals surface area contributed by atoms with Crippen LogP contribution in [-0.4, -0.2) is 42.3 Å². The SMILES string of the molecule is COc1ccc2[nH]c(C)c(CC(=O)NC(CCCCCC(C)=O)C(=O)NC[C@H]3CCc4ccccc43)c2c1. The normalized spacial score (nSPS) is 15.2. The number of carbonyl (C=O) groups is 3. The Balaban J connectivity index is 1.40. The molecular weight excluding hydrogens is 478 g/mol. The fourth-order valence-corrected chi connectivity index (χ4v) is 5.49. The van der Waals surface area contributed by atoms with Gasteiger partial charge in [-0.1, -0.05) is 37.1 Å². The van der Waals surface area contributed by atoms with Crippen molar-refractivity contribution in [2.45, 2.75) is 77.2 Å². The van der Waals surface area contributed by atoms with Crippen molar-refractivity contribution in [2.75, 3.05) is 13.7 Å². The number of amides is 2. The number of benzene rings is 2. The molecule has 3 aromatic rings. The minimum Gasteiger partial charge on any atom is -0.497 e. The molecule has 0 aliphatic heterocycles. The van der Waals surface area contributed by atoms with Gasteiger partial charge in [0.05, 0.1) is 13.5 Å². The second kappa shape index (κ2) is 12.8. The molecule has 0 spiro atoms. The monoisotopic (exact) mass is 517 g/mol. The summed E-state index contributed by atoms with van der Waals surface area (Å²) in [6, 6.07) is 13.6. The van der Waals surface area contributed by atoms with Crippen LogP contribution >= 0.6 is 0 Å². The molecule has 1 heterocycles. The van der Waals surface area contributed by atoms with Gasteiger partial charge in [-0.05, 0) is 74.4 Å². The zero-order valence-corrected chi connectivity index (χ0v) is 22.7. The molecule has 2 aromatic carbocycles. The van der Waals surface area contributed by atoms with Crippen LogP contribution in [0.25, 0.3) is 10.9 Å². The molecule has 2 amide bonds. The smallest absolute Gasteiger partial charge is 0.242 e. The summed E-state index contributed by atoms with van der Waals surface area (Å²) in [5.74, 6) is 0.870. The Labute approximate surface area is 224 Å². The molecule has 3 N–H and O–H groups in total. The van der Waals surface area contributed by atoms with Crippen LogP contribution in [-0.2, 0) is 27.2 Å². The van der Waals surface area contributed by atoms with Crippen molar-refractivity contribution in [3.8, 4) is 5.75 Å². The molecule has 7 nitrogen and oxygen atoms in total. The summed E-state index contributed by atoms with van der Waals surface area (Å²) in [5, 5.41) is 7.07. The van der Waals surface area contributed by atoms with E-state index in [9.17, 15) is 14.4 Å². The van der Waals surface area contributed by atoms with Crippen LogP contribution in [0.4, 0.5) is 0 Å². The number of aromatic amines is 1.